The summed E-state index contributed by atoms with van der Waals surface area (Å²) in [7, 11) is 0. The fraction of sp³-hybridized carbons (Fsp3) is 0.154. The lowest BCUT2D eigenvalue weighted by molar-refractivity contribution is -0.140. The number of aryl methyl sites for hydroxylation is 1. The molecule has 0 aliphatic rings. The topological polar surface area (TPSA) is 113 Å². The number of anilines is 2. The molecule has 1 atom stereocenters. The molecule has 0 saturated heterocycles. The summed E-state index contributed by atoms with van der Waals surface area (Å²) >= 11 is 1.19. The standard InChI is InChI=1S/C26H23FN4O4S/c1-3-20(24(33)34)31-21-14-19(29-25(35)28-18-10-8-17(27)9-11-18)12-13-22(21)36-26(31)30-23(32)16-6-4-15(2)5-7-16/h4-14,20H,3H2,1-2H3,(H,33,34)(H2,28,29,35)/b30-26-. The summed E-state index contributed by atoms with van der Waals surface area (Å²) in [6.45, 7) is 3.65. The Hall–Kier alpha value is -4.31. The fourth-order valence-electron chi connectivity index (χ4n) is 3.64. The fourth-order valence-corrected chi connectivity index (χ4v) is 4.69. The van der Waals surface area contributed by atoms with E-state index in [-0.39, 0.29) is 11.2 Å². The Labute approximate surface area is 209 Å². The highest BCUT2D eigenvalue weighted by Crippen LogP contribution is 2.26. The zero-order valence-electron chi connectivity index (χ0n) is 19.5. The molecule has 4 rings (SSSR count). The Morgan fingerprint density at radius 3 is 2.28 bits per heavy atom. The van der Waals surface area contributed by atoms with E-state index in [1.807, 2.05) is 19.1 Å². The largest absolute Gasteiger partial charge is 0.480 e. The van der Waals surface area contributed by atoms with Gasteiger partial charge >= 0.3 is 12.0 Å². The third kappa shape index (κ3) is 5.49. The first kappa shape index (κ1) is 24.8. The number of carboxylic acid groups (broad SMARTS) is 1. The van der Waals surface area contributed by atoms with Gasteiger partial charge in [-0.1, -0.05) is 36.0 Å². The van der Waals surface area contributed by atoms with E-state index in [9.17, 15) is 23.9 Å². The van der Waals surface area contributed by atoms with Crippen molar-refractivity contribution in [1.29, 1.82) is 0 Å². The van der Waals surface area contributed by atoms with Gasteiger partial charge in [0.15, 0.2) is 4.80 Å². The summed E-state index contributed by atoms with van der Waals surface area (Å²) in [5.74, 6) is -1.96. The number of urea groups is 1. The van der Waals surface area contributed by atoms with Crippen molar-refractivity contribution in [3.8, 4) is 0 Å². The lowest BCUT2D eigenvalue weighted by Gasteiger charge is -2.14. The highest BCUT2D eigenvalue weighted by molar-refractivity contribution is 7.16. The number of halogens is 1. The molecule has 0 aliphatic heterocycles. The lowest BCUT2D eigenvalue weighted by Crippen LogP contribution is -2.27. The number of hydrogen-bond acceptors (Lipinski definition) is 4. The van der Waals surface area contributed by atoms with Gasteiger partial charge in [0.2, 0.25) is 0 Å². The number of aliphatic carboxylic acids is 1. The lowest BCUT2D eigenvalue weighted by atomic mass is 10.1. The molecule has 1 heterocycles. The summed E-state index contributed by atoms with van der Waals surface area (Å²) in [6, 6.07) is 15.8. The molecule has 3 N–H and O–H groups in total. The van der Waals surface area contributed by atoms with Crippen molar-refractivity contribution >= 4 is 50.8 Å². The molecule has 36 heavy (non-hydrogen) atoms. The molecule has 4 aromatic rings. The van der Waals surface area contributed by atoms with Crippen LogP contribution in [0.15, 0.2) is 71.7 Å². The number of rotatable bonds is 6. The Balaban J connectivity index is 1.72. The molecule has 3 amide bonds. The number of thiazole rings is 1. The number of carboxylic acids is 1. The van der Waals surface area contributed by atoms with Crippen molar-refractivity contribution in [2.24, 2.45) is 4.99 Å². The van der Waals surface area contributed by atoms with Crippen LogP contribution in [0.3, 0.4) is 0 Å². The molecule has 0 bridgehead atoms. The van der Waals surface area contributed by atoms with Gasteiger partial charge in [-0.2, -0.15) is 4.99 Å². The Morgan fingerprint density at radius 1 is 1.00 bits per heavy atom. The maximum Gasteiger partial charge on any atom is 0.326 e. The van der Waals surface area contributed by atoms with Gasteiger partial charge in [0.25, 0.3) is 5.91 Å². The number of fused-ring (bicyclic) bond motifs is 1. The maximum absolute atomic E-state index is 13.1. The summed E-state index contributed by atoms with van der Waals surface area (Å²) in [5, 5.41) is 15.2. The van der Waals surface area contributed by atoms with Gasteiger partial charge in [-0.25, -0.2) is 14.0 Å². The zero-order valence-corrected chi connectivity index (χ0v) is 20.3. The Morgan fingerprint density at radius 2 is 1.64 bits per heavy atom. The zero-order chi connectivity index (χ0) is 25.8. The molecule has 1 aromatic heterocycles. The predicted molar refractivity (Wildman–Crippen MR) is 137 cm³/mol. The quantitative estimate of drug-likeness (QED) is 0.317. The van der Waals surface area contributed by atoms with Gasteiger partial charge < -0.3 is 20.3 Å². The minimum Gasteiger partial charge on any atom is -0.480 e. The molecule has 1 unspecified atom stereocenters. The Kier molecular flexibility index (Phi) is 7.25. The van der Waals surface area contributed by atoms with Gasteiger partial charge in [0, 0.05) is 16.9 Å². The van der Waals surface area contributed by atoms with Gasteiger partial charge in [-0.15, -0.1) is 0 Å². The second-order valence-corrected chi connectivity index (χ2v) is 9.08. The van der Waals surface area contributed by atoms with Gasteiger partial charge in [0.05, 0.1) is 10.2 Å². The van der Waals surface area contributed by atoms with E-state index in [1.165, 1.54) is 40.2 Å². The number of carbonyl (C=O) groups is 3. The van der Waals surface area contributed by atoms with Crippen LogP contribution in [0.5, 0.6) is 0 Å². The third-order valence-corrected chi connectivity index (χ3v) is 6.50. The number of benzene rings is 3. The average Bonchev–Trinajstić information content (AvgIpc) is 3.18. The number of carbonyl (C=O) groups excluding carboxylic acids is 2. The van der Waals surface area contributed by atoms with Gasteiger partial charge in [-0.05, 0) is 67.9 Å². The van der Waals surface area contributed by atoms with E-state index in [2.05, 4.69) is 15.6 Å². The van der Waals surface area contributed by atoms with Crippen molar-refractivity contribution < 1.29 is 23.9 Å². The predicted octanol–water partition coefficient (Wildman–Crippen LogP) is 5.57. The molecule has 184 valence electrons. The van der Waals surface area contributed by atoms with Crippen LogP contribution in [-0.2, 0) is 4.79 Å². The molecule has 3 aromatic carbocycles. The smallest absolute Gasteiger partial charge is 0.326 e. The van der Waals surface area contributed by atoms with Crippen LogP contribution >= 0.6 is 11.3 Å². The first-order chi connectivity index (χ1) is 17.2. The van der Waals surface area contributed by atoms with E-state index < -0.39 is 29.8 Å². The van der Waals surface area contributed by atoms with E-state index in [0.29, 0.717) is 27.2 Å². The molecule has 0 spiro atoms. The molecule has 0 aliphatic carbocycles. The van der Waals surface area contributed by atoms with Crippen LogP contribution in [-0.4, -0.2) is 27.6 Å². The molecule has 0 radical (unpaired) electrons. The molecule has 10 heteroatoms. The second-order valence-electron chi connectivity index (χ2n) is 8.07. The number of amides is 3. The summed E-state index contributed by atoms with van der Waals surface area (Å²) < 4.78 is 15.3. The summed E-state index contributed by atoms with van der Waals surface area (Å²) in [6.07, 6.45) is 0.260. The SMILES string of the molecule is CCC(C(=O)O)n1/c(=N/C(=O)c2ccc(C)cc2)sc2ccc(NC(=O)Nc3ccc(F)cc3)cc21. The van der Waals surface area contributed by atoms with Gasteiger partial charge in [-0.3, -0.25) is 4.79 Å². The minimum absolute atomic E-state index is 0.248. The van der Waals surface area contributed by atoms with Crippen LogP contribution < -0.4 is 15.4 Å². The van der Waals surface area contributed by atoms with E-state index >= 15 is 0 Å². The third-order valence-electron chi connectivity index (χ3n) is 5.46. The molecular weight excluding hydrogens is 483 g/mol. The van der Waals surface area contributed by atoms with Gasteiger partial charge in [0.1, 0.15) is 11.9 Å². The van der Waals surface area contributed by atoms with Crippen molar-refractivity contribution in [3.63, 3.8) is 0 Å². The maximum atomic E-state index is 13.1. The number of hydrogen-bond donors (Lipinski definition) is 3. The van der Waals surface area contributed by atoms with E-state index in [4.69, 9.17) is 0 Å². The summed E-state index contributed by atoms with van der Waals surface area (Å²) in [4.78, 5) is 41.8. The molecule has 0 fully saturated rings. The second kappa shape index (κ2) is 10.5. The number of aromatic nitrogens is 1. The van der Waals surface area contributed by atoms with Crippen molar-refractivity contribution in [1.82, 2.24) is 4.57 Å². The van der Waals surface area contributed by atoms with E-state index in [1.54, 1.807) is 37.3 Å². The highest BCUT2D eigenvalue weighted by Gasteiger charge is 2.22. The van der Waals surface area contributed by atoms with Crippen LogP contribution in [0.2, 0.25) is 0 Å². The minimum atomic E-state index is -1.06. The molecular formula is C26H23FN4O4S. The normalized spacial score (nSPS) is 12.4. The van der Waals surface area contributed by atoms with Crippen LogP contribution in [0.25, 0.3) is 10.2 Å². The summed E-state index contributed by atoms with van der Waals surface area (Å²) in [5.41, 5.74) is 2.74. The van der Waals surface area contributed by atoms with Crippen molar-refractivity contribution in [2.75, 3.05) is 10.6 Å². The number of nitrogens with zero attached hydrogens (tertiary/aromatic N) is 2. The number of nitrogens with one attached hydrogen (secondary N) is 2. The average molecular weight is 507 g/mol. The van der Waals surface area contributed by atoms with E-state index in [0.717, 1.165) is 5.56 Å². The molecule has 0 saturated carbocycles. The first-order valence-corrected chi connectivity index (χ1v) is 11.9. The monoisotopic (exact) mass is 506 g/mol. The van der Waals surface area contributed by atoms with Crippen LogP contribution in [0.1, 0.15) is 35.3 Å². The van der Waals surface area contributed by atoms with Crippen molar-refractivity contribution in [3.05, 3.63) is 88.5 Å². The van der Waals surface area contributed by atoms with Crippen molar-refractivity contribution in [2.45, 2.75) is 26.3 Å². The van der Waals surface area contributed by atoms with Crippen LogP contribution in [0.4, 0.5) is 20.6 Å². The highest BCUT2D eigenvalue weighted by atomic mass is 32.1. The molecule has 8 nitrogen and oxygen atoms in total. The Bertz CT molecular complexity index is 1510. The van der Waals surface area contributed by atoms with Crippen LogP contribution in [0, 0.1) is 12.7 Å². The first-order valence-electron chi connectivity index (χ1n) is 11.1.